The minimum absolute atomic E-state index is 0.111. The van der Waals surface area contributed by atoms with Crippen LogP contribution >= 0.6 is 0 Å². The van der Waals surface area contributed by atoms with Crippen LogP contribution in [0.1, 0.15) is 17.9 Å². The van der Waals surface area contributed by atoms with Crippen LogP contribution in [0.2, 0.25) is 0 Å². The highest BCUT2D eigenvalue weighted by atomic mass is 16.5. The first-order valence-corrected chi connectivity index (χ1v) is 6.21. The Hall–Kier alpha value is -2.04. The molecule has 1 aliphatic heterocycles. The van der Waals surface area contributed by atoms with E-state index in [9.17, 15) is 9.59 Å². The first kappa shape index (κ1) is 13.4. The summed E-state index contributed by atoms with van der Waals surface area (Å²) in [6.07, 6.45) is 3.77. The molecule has 1 atom stereocenters. The lowest BCUT2D eigenvalue weighted by Gasteiger charge is -2.13. The lowest BCUT2D eigenvalue weighted by molar-refractivity contribution is -0.145. The Morgan fingerprint density at radius 2 is 2.26 bits per heavy atom. The molecule has 0 aliphatic carbocycles. The first-order valence-electron chi connectivity index (χ1n) is 6.21. The third-order valence-corrected chi connectivity index (χ3v) is 3.19. The van der Waals surface area contributed by atoms with Gasteiger partial charge < -0.3 is 14.1 Å². The average molecular weight is 263 g/mol. The molecule has 0 N–H and O–H groups in total. The quantitative estimate of drug-likeness (QED) is 0.614. The van der Waals surface area contributed by atoms with Gasteiger partial charge in [0.05, 0.1) is 13.0 Å². The molecule has 102 valence electrons. The van der Waals surface area contributed by atoms with Gasteiger partial charge >= 0.3 is 5.97 Å². The summed E-state index contributed by atoms with van der Waals surface area (Å²) in [5.41, 5.74) is 0. The van der Waals surface area contributed by atoms with Gasteiger partial charge in [-0.25, -0.2) is 0 Å². The second kappa shape index (κ2) is 5.73. The number of carbonyl (C=O) groups is 2. The molecule has 2 heterocycles. The maximum Gasteiger partial charge on any atom is 0.310 e. The van der Waals surface area contributed by atoms with Crippen molar-refractivity contribution in [1.29, 1.82) is 0 Å². The number of ether oxygens (including phenoxy) is 1. The van der Waals surface area contributed by atoms with Crippen LogP contribution in [-0.4, -0.2) is 37.0 Å². The summed E-state index contributed by atoms with van der Waals surface area (Å²) < 4.78 is 10.0. The molecule has 1 aromatic rings. The average Bonchev–Trinajstić information content (AvgIpc) is 3.04. The summed E-state index contributed by atoms with van der Waals surface area (Å²) in [6, 6.07) is 3.65. The van der Waals surface area contributed by atoms with Crippen molar-refractivity contribution < 1.29 is 18.7 Å². The zero-order chi connectivity index (χ0) is 13.8. The van der Waals surface area contributed by atoms with Gasteiger partial charge in [-0.2, -0.15) is 0 Å². The van der Waals surface area contributed by atoms with Crippen molar-refractivity contribution in [1.82, 2.24) is 4.90 Å². The summed E-state index contributed by atoms with van der Waals surface area (Å²) in [4.78, 5) is 24.9. The minimum atomic E-state index is -0.249. The molecule has 0 saturated carbocycles. The molecule has 1 amide bonds. The molecule has 5 heteroatoms. The Morgan fingerprint density at radius 1 is 1.47 bits per heavy atom. The maximum absolute atomic E-state index is 11.9. The highest BCUT2D eigenvalue weighted by Gasteiger charge is 2.30. The largest absolute Gasteiger partial charge is 0.469 e. The molecule has 1 aliphatic rings. The Morgan fingerprint density at radius 3 is 2.89 bits per heavy atom. The Balaban J connectivity index is 1.91. The standard InChI is InChI=1S/C14H17NO4/c1-10-3-4-12(19-10)5-6-13(16)15-8-7-11(9-15)14(17)18-2/h3-6,11H,7-9H2,1-2H3. The lowest BCUT2D eigenvalue weighted by atomic mass is 10.1. The van der Waals surface area contributed by atoms with E-state index in [1.807, 2.05) is 13.0 Å². The molecule has 1 saturated heterocycles. The van der Waals surface area contributed by atoms with E-state index in [-0.39, 0.29) is 17.8 Å². The van der Waals surface area contributed by atoms with Crippen molar-refractivity contribution in [3.8, 4) is 0 Å². The Labute approximate surface area is 111 Å². The number of likely N-dealkylation sites (tertiary alicyclic amines) is 1. The predicted octanol–water partition coefficient (Wildman–Crippen LogP) is 1.62. The number of aryl methyl sites for hydroxylation is 1. The fourth-order valence-corrected chi connectivity index (χ4v) is 2.12. The van der Waals surface area contributed by atoms with Gasteiger partial charge in [-0.15, -0.1) is 0 Å². The van der Waals surface area contributed by atoms with Gasteiger partial charge in [-0.1, -0.05) is 0 Å². The molecule has 0 bridgehead atoms. The summed E-state index contributed by atoms with van der Waals surface area (Å²) in [5.74, 6) is 0.892. The van der Waals surface area contributed by atoms with Crippen LogP contribution in [0.15, 0.2) is 22.6 Å². The lowest BCUT2D eigenvalue weighted by Crippen LogP contribution is -2.28. The highest BCUT2D eigenvalue weighted by Crippen LogP contribution is 2.18. The van der Waals surface area contributed by atoms with Gasteiger partial charge in [0.25, 0.3) is 0 Å². The van der Waals surface area contributed by atoms with E-state index in [1.165, 1.54) is 13.2 Å². The number of hydrogen-bond acceptors (Lipinski definition) is 4. The van der Waals surface area contributed by atoms with E-state index in [0.29, 0.717) is 25.3 Å². The van der Waals surface area contributed by atoms with E-state index in [4.69, 9.17) is 4.42 Å². The molecule has 0 radical (unpaired) electrons. The van der Waals surface area contributed by atoms with Crippen molar-refractivity contribution in [2.75, 3.05) is 20.2 Å². The van der Waals surface area contributed by atoms with E-state index >= 15 is 0 Å². The molecule has 0 spiro atoms. The van der Waals surface area contributed by atoms with Crippen molar-refractivity contribution in [2.24, 2.45) is 5.92 Å². The van der Waals surface area contributed by atoms with Gasteiger partial charge in [0.15, 0.2) is 0 Å². The van der Waals surface area contributed by atoms with Crippen LogP contribution in [0.3, 0.4) is 0 Å². The summed E-state index contributed by atoms with van der Waals surface area (Å²) >= 11 is 0. The van der Waals surface area contributed by atoms with E-state index < -0.39 is 0 Å². The van der Waals surface area contributed by atoms with E-state index in [0.717, 1.165) is 5.76 Å². The number of furan rings is 1. The monoisotopic (exact) mass is 263 g/mol. The second-order valence-corrected chi connectivity index (χ2v) is 4.57. The minimum Gasteiger partial charge on any atom is -0.469 e. The zero-order valence-corrected chi connectivity index (χ0v) is 11.1. The van der Waals surface area contributed by atoms with Crippen molar-refractivity contribution in [3.05, 3.63) is 29.7 Å². The molecule has 2 rings (SSSR count). The SMILES string of the molecule is COC(=O)C1CCN(C(=O)C=Cc2ccc(C)o2)C1. The molecule has 1 unspecified atom stereocenters. The second-order valence-electron chi connectivity index (χ2n) is 4.57. The number of amides is 1. The third-order valence-electron chi connectivity index (χ3n) is 3.19. The number of esters is 1. The molecule has 1 aromatic heterocycles. The first-order chi connectivity index (χ1) is 9.10. The summed E-state index contributed by atoms with van der Waals surface area (Å²) in [6.45, 7) is 2.85. The van der Waals surface area contributed by atoms with Crippen molar-refractivity contribution in [2.45, 2.75) is 13.3 Å². The number of methoxy groups -OCH3 is 1. The molecule has 0 aromatic carbocycles. The Bertz CT molecular complexity index is 503. The van der Waals surface area contributed by atoms with Gasteiger partial charge in [-0.3, -0.25) is 9.59 Å². The normalized spacial score (nSPS) is 19.1. The van der Waals surface area contributed by atoms with Gasteiger partial charge in [0.2, 0.25) is 5.91 Å². The van der Waals surface area contributed by atoms with Crippen LogP contribution in [0.4, 0.5) is 0 Å². The number of carbonyl (C=O) groups excluding carboxylic acids is 2. The van der Waals surface area contributed by atoms with Gasteiger partial charge in [0, 0.05) is 19.2 Å². The van der Waals surface area contributed by atoms with Crippen LogP contribution < -0.4 is 0 Å². The molecular weight excluding hydrogens is 246 g/mol. The maximum atomic E-state index is 11.9. The van der Waals surface area contributed by atoms with Gasteiger partial charge in [-0.05, 0) is 31.6 Å². The van der Waals surface area contributed by atoms with E-state index in [2.05, 4.69) is 4.74 Å². The Kier molecular flexibility index (Phi) is 4.04. The summed E-state index contributed by atoms with van der Waals surface area (Å²) in [7, 11) is 1.37. The van der Waals surface area contributed by atoms with Crippen LogP contribution in [0.5, 0.6) is 0 Å². The number of rotatable bonds is 3. The molecule has 5 nitrogen and oxygen atoms in total. The van der Waals surface area contributed by atoms with Crippen molar-refractivity contribution >= 4 is 18.0 Å². The number of nitrogens with zero attached hydrogens (tertiary/aromatic N) is 1. The van der Waals surface area contributed by atoms with Gasteiger partial charge in [0.1, 0.15) is 11.5 Å². The topological polar surface area (TPSA) is 59.8 Å². The number of hydrogen-bond donors (Lipinski definition) is 0. The fourth-order valence-electron chi connectivity index (χ4n) is 2.12. The smallest absolute Gasteiger partial charge is 0.310 e. The molecule has 1 fully saturated rings. The predicted molar refractivity (Wildman–Crippen MR) is 69.2 cm³/mol. The fraction of sp³-hybridized carbons (Fsp3) is 0.429. The molecular formula is C14H17NO4. The van der Waals surface area contributed by atoms with Crippen LogP contribution in [-0.2, 0) is 14.3 Å². The van der Waals surface area contributed by atoms with Crippen LogP contribution in [0, 0.1) is 12.8 Å². The molecule has 19 heavy (non-hydrogen) atoms. The van der Waals surface area contributed by atoms with Crippen LogP contribution in [0.25, 0.3) is 6.08 Å². The highest BCUT2D eigenvalue weighted by molar-refractivity contribution is 5.92. The summed E-state index contributed by atoms with van der Waals surface area (Å²) in [5, 5.41) is 0. The van der Waals surface area contributed by atoms with Crippen molar-refractivity contribution in [3.63, 3.8) is 0 Å². The van der Waals surface area contributed by atoms with E-state index in [1.54, 1.807) is 17.0 Å². The zero-order valence-electron chi connectivity index (χ0n) is 11.1. The third kappa shape index (κ3) is 3.24.